The van der Waals surface area contributed by atoms with Crippen LogP contribution in [-0.2, 0) is 19.7 Å². The minimum absolute atomic E-state index is 0.167. The summed E-state index contributed by atoms with van der Waals surface area (Å²) in [6, 6.07) is -1.18. The SMILES string of the molecule is CN(CCCCCC(=O)O)CCCC(=O)C(N)CS(=O)(=O)O. The molecule has 0 amide bonds. The Labute approximate surface area is 131 Å². The molecule has 0 fully saturated rings. The number of carbonyl (C=O) groups is 2. The van der Waals surface area contributed by atoms with Crippen LogP contribution in [0.5, 0.6) is 0 Å². The first-order valence-corrected chi connectivity index (χ1v) is 8.86. The lowest BCUT2D eigenvalue weighted by Crippen LogP contribution is -2.37. The molecule has 9 heteroatoms. The first kappa shape index (κ1) is 21.0. The molecule has 0 aliphatic carbocycles. The van der Waals surface area contributed by atoms with Crippen molar-refractivity contribution in [2.24, 2.45) is 5.73 Å². The number of carbonyl (C=O) groups excluding carboxylic acids is 1. The van der Waals surface area contributed by atoms with Crippen LogP contribution >= 0.6 is 0 Å². The lowest BCUT2D eigenvalue weighted by Gasteiger charge is -2.16. The summed E-state index contributed by atoms with van der Waals surface area (Å²) in [4.78, 5) is 24.0. The number of Topliss-reactive ketones (excluding diaryl/α,β-unsaturated/α-hetero) is 1. The second-order valence-corrected chi connectivity index (χ2v) is 6.93. The van der Waals surface area contributed by atoms with E-state index in [9.17, 15) is 18.0 Å². The molecule has 0 heterocycles. The van der Waals surface area contributed by atoms with Gasteiger partial charge in [0.2, 0.25) is 0 Å². The zero-order chi connectivity index (χ0) is 17.2. The number of hydrogen-bond donors (Lipinski definition) is 3. The van der Waals surface area contributed by atoms with Gasteiger partial charge in [-0.05, 0) is 39.4 Å². The third-order valence-corrected chi connectivity index (χ3v) is 3.98. The molecule has 0 aromatic rings. The summed E-state index contributed by atoms with van der Waals surface area (Å²) in [6.07, 6.45) is 3.30. The topological polar surface area (TPSA) is 138 Å². The third kappa shape index (κ3) is 12.7. The fourth-order valence-corrected chi connectivity index (χ4v) is 2.61. The maximum absolute atomic E-state index is 11.6. The highest BCUT2D eigenvalue weighted by Gasteiger charge is 2.19. The van der Waals surface area contributed by atoms with E-state index < -0.39 is 27.9 Å². The van der Waals surface area contributed by atoms with E-state index in [0.29, 0.717) is 19.4 Å². The van der Waals surface area contributed by atoms with Gasteiger partial charge >= 0.3 is 5.97 Å². The van der Waals surface area contributed by atoms with Crippen LogP contribution in [0.15, 0.2) is 0 Å². The van der Waals surface area contributed by atoms with Gasteiger partial charge in [-0.3, -0.25) is 14.1 Å². The Morgan fingerprint density at radius 1 is 1.09 bits per heavy atom. The molecule has 0 rings (SSSR count). The van der Waals surface area contributed by atoms with Crippen LogP contribution < -0.4 is 5.73 Å². The Hall–Kier alpha value is -1.03. The molecule has 130 valence electrons. The number of unbranched alkanes of at least 4 members (excludes halogenated alkanes) is 2. The van der Waals surface area contributed by atoms with Gasteiger partial charge in [0.25, 0.3) is 10.1 Å². The summed E-state index contributed by atoms with van der Waals surface area (Å²) in [7, 11) is -2.33. The number of ketones is 1. The van der Waals surface area contributed by atoms with E-state index in [0.717, 1.165) is 19.4 Å². The molecule has 0 aliphatic heterocycles. The van der Waals surface area contributed by atoms with Gasteiger partial charge < -0.3 is 15.7 Å². The molecule has 4 N–H and O–H groups in total. The van der Waals surface area contributed by atoms with Crippen molar-refractivity contribution in [2.75, 3.05) is 25.9 Å². The van der Waals surface area contributed by atoms with Gasteiger partial charge in [-0.25, -0.2) is 0 Å². The Morgan fingerprint density at radius 2 is 1.68 bits per heavy atom. The van der Waals surface area contributed by atoms with Gasteiger partial charge in [0.15, 0.2) is 5.78 Å². The molecule has 22 heavy (non-hydrogen) atoms. The molecule has 0 aromatic carbocycles. The van der Waals surface area contributed by atoms with Crippen LogP contribution in [0.4, 0.5) is 0 Å². The van der Waals surface area contributed by atoms with Gasteiger partial charge in [0.05, 0.1) is 11.8 Å². The Balaban J connectivity index is 3.72. The van der Waals surface area contributed by atoms with Crippen molar-refractivity contribution in [1.29, 1.82) is 0 Å². The van der Waals surface area contributed by atoms with Crippen LogP contribution in [0.2, 0.25) is 0 Å². The Morgan fingerprint density at radius 3 is 2.23 bits per heavy atom. The largest absolute Gasteiger partial charge is 0.481 e. The highest BCUT2D eigenvalue weighted by Crippen LogP contribution is 2.03. The van der Waals surface area contributed by atoms with E-state index in [4.69, 9.17) is 15.4 Å². The summed E-state index contributed by atoms with van der Waals surface area (Å²) in [5, 5.41) is 8.50. The quantitative estimate of drug-likeness (QED) is 0.318. The number of aliphatic carboxylic acids is 1. The predicted octanol–water partition coefficient (Wildman–Crippen LogP) is 0.128. The molecule has 0 spiro atoms. The normalized spacial score (nSPS) is 13.3. The van der Waals surface area contributed by atoms with Gasteiger partial charge in [-0.15, -0.1) is 0 Å². The van der Waals surface area contributed by atoms with Crippen molar-refractivity contribution in [3.8, 4) is 0 Å². The number of carboxylic acid groups (broad SMARTS) is 1. The number of carboxylic acids is 1. The first-order chi connectivity index (χ1) is 10.1. The standard InChI is InChI=1S/C13H26N2O6S/c1-15(8-4-2-3-7-13(17)18)9-5-6-12(16)11(14)10-22(19,20)21/h11H,2-10,14H2,1H3,(H,17,18)(H,19,20,21). The number of nitrogens with two attached hydrogens (primary N) is 1. The van der Waals surface area contributed by atoms with Gasteiger partial charge in [0, 0.05) is 12.8 Å². The van der Waals surface area contributed by atoms with E-state index in [1.807, 2.05) is 11.9 Å². The fraction of sp³-hybridized carbons (Fsp3) is 0.846. The molecule has 0 saturated heterocycles. The van der Waals surface area contributed by atoms with Crippen LogP contribution in [0.1, 0.15) is 38.5 Å². The highest BCUT2D eigenvalue weighted by atomic mass is 32.2. The summed E-state index contributed by atoms with van der Waals surface area (Å²) < 4.78 is 29.9. The maximum Gasteiger partial charge on any atom is 0.303 e. The van der Waals surface area contributed by atoms with Crippen molar-refractivity contribution in [1.82, 2.24) is 4.90 Å². The highest BCUT2D eigenvalue weighted by molar-refractivity contribution is 7.85. The molecule has 0 radical (unpaired) electrons. The molecule has 0 aliphatic rings. The number of nitrogens with zero attached hydrogens (tertiary/aromatic N) is 1. The van der Waals surface area contributed by atoms with Crippen LogP contribution in [0, 0.1) is 0 Å². The van der Waals surface area contributed by atoms with Crippen molar-refractivity contribution in [3.63, 3.8) is 0 Å². The fourth-order valence-electron chi connectivity index (χ4n) is 1.97. The van der Waals surface area contributed by atoms with Crippen LogP contribution in [0.25, 0.3) is 0 Å². The first-order valence-electron chi connectivity index (χ1n) is 7.25. The lowest BCUT2D eigenvalue weighted by molar-refractivity contribution is -0.137. The molecular formula is C13H26N2O6S. The Kier molecular flexibility index (Phi) is 10.2. The van der Waals surface area contributed by atoms with Crippen molar-refractivity contribution in [2.45, 2.75) is 44.6 Å². The van der Waals surface area contributed by atoms with Crippen molar-refractivity contribution in [3.05, 3.63) is 0 Å². The third-order valence-electron chi connectivity index (χ3n) is 3.20. The maximum atomic E-state index is 11.6. The molecule has 0 saturated carbocycles. The number of hydrogen-bond acceptors (Lipinski definition) is 6. The predicted molar refractivity (Wildman–Crippen MR) is 82.2 cm³/mol. The van der Waals surface area contributed by atoms with E-state index in [1.54, 1.807) is 0 Å². The summed E-state index contributed by atoms with van der Waals surface area (Å²) >= 11 is 0. The minimum atomic E-state index is -4.23. The average Bonchev–Trinajstić information content (AvgIpc) is 2.35. The molecule has 0 aromatic heterocycles. The number of rotatable bonds is 13. The van der Waals surface area contributed by atoms with Crippen molar-refractivity contribution >= 4 is 21.9 Å². The molecule has 0 bridgehead atoms. The van der Waals surface area contributed by atoms with E-state index in [1.165, 1.54) is 0 Å². The van der Waals surface area contributed by atoms with Gasteiger partial charge in [-0.2, -0.15) is 8.42 Å². The summed E-state index contributed by atoms with van der Waals surface area (Å²) in [6.45, 7) is 1.48. The van der Waals surface area contributed by atoms with E-state index in [2.05, 4.69) is 0 Å². The average molecular weight is 338 g/mol. The molecule has 1 unspecified atom stereocenters. The van der Waals surface area contributed by atoms with E-state index >= 15 is 0 Å². The second-order valence-electron chi connectivity index (χ2n) is 5.43. The van der Waals surface area contributed by atoms with Gasteiger partial charge in [0.1, 0.15) is 0 Å². The second kappa shape index (κ2) is 10.7. The smallest absolute Gasteiger partial charge is 0.303 e. The minimum Gasteiger partial charge on any atom is -0.481 e. The van der Waals surface area contributed by atoms with Gasteiger partial charge in [-0.1, -0.05) is 6.42 Å². The zero-order valence-electron chi connectivity index (χ0n) is 12.9. The van der Waals surface area contributed by atoms with Crippen molar-refractivity contribution < 1.29 is 27.7 Å². The zero-order valence-corrected chi connectivity index (χ0v) is 13.7. The monoisotopic (exact) mass is 338 g/mol. The van der Waals surface area contributed by atoms with E-state index in [-0.39, 0.29) is 18.6 Å². The molecule has 1 atom stereocenters. The summed E-state index contributed by atoms with van der Waals surface area (Å²) in [5.74, 6) is -1.91. The van der Waals surface area contributed by atoms with Crippen LogP contribution in [0.3, 0.4) is 0 Å². The van der Waals surface area contributed by atoms with Crippen LogP contribution in [-0.4, -0.2) is 66.7 Å². The molecule has 8 nitrogen and oxygen atoms in total. The Bertz CT molecular complexity index is 451. The summed E-state index contributed by atoms with van der Waals surface area (Å²) in [5.41, 5.74) is 5.41. The lowest BCUT2D eigenvalue weighted by atomic mass is 10.1. The molecular weight excluding hydrogens is 312 g/mol.